The maximum Gasteiger partial charge on any atom is 0.0594 e. The summed E-state index contributed by atoms with van der Waals surface area (Å²) in [5.74, 6) is 0. The molecule has 0 amide bonds. The maximum atomic E-state index is 3.23. The molecule has 0 aliphatic carbocycles. The van der Waals surface area contributed by atoms with Gasteiger partial charge < -0.3 is 16.0 Å². The molecule has 0 atom stereocenters. The number of nitrogens with one attached hydrogen (secondary N) is 3. The standard InChI is InChI=1S/C13H21N3/c1-6-9(2)10-7-12(15-4)13(16-5)8-11(10)14-3/h6-8,14-16H,1-5H3/b9-6-. The lowest BCUT2D eigenvalue weighted by atomic mass is 10.0. The fraction of sp³-hybridized carbons (Fsp3) is 0.385. The van der Waals surface area contributed by atoms with Crippen LogP contribution in [0.25, 0.3) is 5.57 Å². The molecule has 1 aromatic rings. The van der Waals surface area contributed by atoms with Crippen LogP contribution in [0.5, 0.6) is 0 Å². The molecular weight excluding hydrogens is 198 g/mol. The Hall–Kier alpha value is -1.64. The predicted octanol–water partition coefficient (Wildman–Crippen LogP) is 3.23. The second-order valence-corrected chi connectivity index (χ2v) is 3.67. The molecule has 0 unspecified atom stereocenters. The Balaban J connectivity index is 3.37. The highest BCUT2D eigenvalue weighted by atomic mass is 14.9. The van der Waals surface area contributed by atoms with E-state index in [4.69, 9.17) is 0 Å². The lowest BCUT2D eigenvalue weighted by molar-refractivity contribution is 1.40. The van der Waals surface area contributed by atoms with Gasteiger partial charge in [0.2, 0.25) is 0 Å². The van der Waals surface area contributed by atoms with Crippen molar-refractivity contribution >= 4 is 22.6 Å². The summed E-state index contributed by atoms with van der Waals surface area (Å²) in [4.78, 5) is 0. The van der Waals surface area contributed by atoms with Crippen LogP contribution in [0.1, 0.15) is 19.4 Å². The van der Waals surface area contributed by atoms with E-state index in [0.29, 0.717) is 0 Å². The van der Waals surface area contributed by atoms with Crippen LogP contribution in [-0.2, 0) is 0 Å². The fourth-order valence-corrected chi connectivity index (χ4v) is 1.70. The molecule has 16 heavy (non-hydrogen) atoms. The summed E-state index contributed by atoms with van der Waals surface area (Å²) in [6.07, 6.45) is 2.12. The Morgan fingerprint density at radius 2 is 1.44 bits per heavy atom. The van der Waals surface area contributed by atoms with E-state index in [9.17, 15) is 0 Å². The summed E-state index contributed by atoms with van der Waals surface area (Å²) in [6.45, 7) is 4.18. The van der Waals surface area contributed by atoms with Gasteiger partial charge in [-0.3, -0.25) is 0 Å². The third-order valence-electron chi connectivity index (χ3n) is 2.82. The molecule has 0 saturated heterocycles. The SMILES string of the molecule is C/C=C(/C)c1cc(NC)c(NC)cc1NC. The summed E-state index contributed by atoms with van der Waals surface area (Å²) in [7, 11) is 5.81. The molecule has 0 heterocycles. The average Bonchev–Trinajstić information content (AvgIpc) is 2.35. The first kappa shape index (κ1) is 12.4. The van der Waals surface area contributed by atoms with Gasteiger partial charge in [0.05, 0.1) is 11.4 Å². The van der Waals surface area contributed by atoms with Crippen LogP contribution in [0.4, 0.5) is 17.1 Å². The van der Waals surface area contributed by atoms with Crippen LogP contribution in [0.3, 0.4) is 0 Å². The van der Waals surface area contributed by atoms with Crippen LogP contribution < -0.4 is 16.0 Å². The second-order valence-electron chi connectivity index (χ2n) is 3.67. The van der Waals surface area contributed by atoms with Crippen molar-refractivity contribution in [3.8, 4) is 0 Å². The van der Waals surface area contributed by atoms with E-state index in [1.165, 1.54) is 11.1 Å². The third-order valence-corrected chi connectivity index (χ3v) is 2.82. The summed E-state index contributed by atoms with van der Waals surface area (Å²) >= 11 is 0. The first-order valence-corrected chi connectivity index (χ1v) is 5.52. The van der Waals surface area contributed by atoms with Gasteiger partial charge in [0, 0.05) is 32.4 Å². The molecule has 3 heteroatoms. The minimum atomic E-state index is 1.10. The van der Waals surface area contributed by atoms with E-state index in [-0.39, 0.29) is 0 Å². The van der Waals surface area contributed by atoms with Gasteiger partial charge in [-0.1, -0.05) is 6.08 Å². The van der Waals surface area contributed by atoms with Crippen LogP contribution >= 0.6 is 0 Å². The van der Waals surface area contributed by atoms with Crippen molar-refractivity contribution < 1.29 is 0 Å². The molecule has 0 saturated carbocycles. The molecule has 0 radical (unpaired) electrons. The van der Waals surface area contributed by atoms with Gasteiger partial charge in [-0.25, -0.2) is 0 Å². The van der Waals surface area contributed by atoms with Gasteiger partial charge in [0.15, 0.2) is 0 Å². The van der Waals surface area contributed by atoms with Crippen molar-refractivity contribution in [1.82, 2.24) is 0 Å². The van der Waals surface area contributed by atoms with Crippen LogP contribution in [0.15, 0.2) is 18.2 Å². The quantitative estimate of drug-likeness (QED) is 0.727. The first-order chi connectivity index (χ1) is 7.67. The van der Waals surface area contributed by atoms with Crippen molar-refractivity contribution in [2.45, 2.75) is 13.8 Å². The molecule has 0 spiro atoms. The van der Waals surface area contributed by atoms with E-state index < -0.39 is 0 Å². The van der Waals surface area contributed by atoms with E-state index in [1.807, 2.05) is 21.1 Å². The molecule has 3 N–H and O–H groups in total. The van der Waals surface area contributed by atoms with E-state index in [1.54, 1.807) is 0 Å². The van der Waals surface area contributed by atoms with Crippen molar-refractivity contribution in [3.05, 3.63) is 23.8 Å². The number of rotatable bonds is 4. The zero-order valence-electron chi connectivity index (χ0n) is 10.7. The zero-order valence-corrected chi connectivity index (χ0v) is 10.7. The Bertz CT molecular complexity index is 394. The minimum absolute atomic E-state index is 1.10. The lowest BCUT2D eigenvalue weighted by Gasteiger charge is -2.16. The molecule has 3 nitrogen and oxygen atoms in total. The number of allylic oxidation sites excluding steroid dienone is 2. The van der Waals surface area contributed by atoms with Crippen molar-refractivity contribution in [2.75, 3.05) is 37.1 Å². The molecule has 0 aromatic heterocycles. The summed E-state index contributed by atoms with van der Waals surface area (Å²) in [5.41, 5.74) is 5.84. The predicted molar refractivity (Wildman–Crippen MR) is 74.4 cm³/mol. The van der Waals surface area contributed by atoms with Crippen molar-refractivity contribution in [2.24, 2.45) is 0 Å². The highest BCUT2D eigenvalue weighted by molar-refractivity contribution is 5.84. The van der Waals surface area contributed by atoms with Crippen molar-refractivity contribution in [1.29, 1.82) is 0 Å². The Labute approximate surface area is 97.9 Å². The summed E-state index contributed by atoms with van der Waals surface area (Å²) < 4.78 is 0. The van der Waals surface area contributed by atoms with Crippen LogP contribution in [0.2, 0.25) is 0 Å². The monoisotopic (exact) mass is 219 g/mol. The van der Waals surface area contributed by atoms with Gasteiger partial charge in [-0.15, -0.1) is 0 Å². The lowest BCUT2D eigenvalue weighted by Crippen LogP contribution is -2.01. The highest BCUT2D eigenvalue weighted by Crippen LogP contribution is 2.32. The Morgan fingerprint density at radius 3 is 1.88 bits per heavy atom. The molecule has 0 aliphatic heterocycles. The fourth-order valence-electron chi connectivity index (χ4n) is 1.70. The Kier molecular flexibility index (Phi) is 4.23. The number of hydrogen-bond donors (Lipinski definition) is 3. The van der Waals surface area contributed by atoms with Gasteiger partial charge in [-0.2, -0.15) is 0 Å². The summed E-state index contributed by atoms with van der Waals surface area (Å²) in [5, 5.41) is 9.61. The van der Waals surface area contributed by atoms with E-state index >= 15 is 0 Å². The average molecular weight is 219 g/mol. The largest absolute Gasteiger partial charge is 0.388 e. The van der Waals surface area contributed by atoms with Gasteiger partial charge in [-0.05, 0) is 31.6 Å². The topological polar surface area (TPSA) is 36.1 Å². The molecule has 88 valence electrons. The molecule has 1 aromatic carbocycles. The highest BCUT2D eigenvalue weighted by Gasteiger charge is 2.08. The molecule has 0 fully saturated rings. The molecule has 0 aliphatic rings. The van der Waals surface area contributed by atoms with Crippen molar-refractivity contribution in [3.63, 3.8) is 0 Å². The number of benzene rings is 1. The zero-order chi connectivity index (χ0) is 12.1. The van der Waals surface area contributed by atoms with Crippen LogP contribution in [0, 0.1) is 0 Å². The number of anilines is 3. The number of hydrogen-bond acceptors (Lipinski definition) is 3. The molecule has 1 rings (SSSR count). The Morgan fingerprint density at radius 1 is 0.938 bits per heavy atom. The smallest absolute Gasteiger partial charge is 0.0594 e. The molecule has 0 bridgehead atoms. The van der Waals surface area contributed by atoms with E-state index in [0.717, 1.165) is 17.1 Å². The van der Waals surface area contributed by atoms with E-state index in [2.05, 4.69) is 48.0 Å². The van der Waals surface area contributed by atoms with Gasteiger partial charge >= 0.3 is 0 Å². The van der Waals surface area contributed by atoms with Gasteiger partial charge in [0.1, 0.15) is 0 Å². The first-order valence-electron chi connectivity index (χ1n) is 5.52. The normalized spacial score (nSPS) is 11.2. The second kappa shape index (κ2) is 5.45. The third kappa shape index (κ3) is 2.30. The molecular formula is C13H21N3. The minimum Gasteiger partial charge on any atom is -0.388 e. The van der Waals surface area contributed by atoms with Gasteiger partial charge in [0.25, 0.3) is 0 Å². The van der Waals surface area contributed by atoms with Crippen LogP contribution in [-0.4, -0.2) is 21.1 Å². The maximum absolute atomic E-state index is 3.23. The summed E-state index contributed by atoms with van der Waals surface area (Å²) in [6, 6.07) is 4.28.